The number of nitrogens with one attached hydrogen (secondary N) is 1. The molecule has 0 radical (unpaired) electrons. The van der Waals surface area contributed by atoms with Gasteiger partial charge in [0.1, 0.15) is 0 Å². The maximum absolute atomic E-state index is 12.3. The molecular formula is C10H16F3N3. The predicted molar refractivity (Wildman–Crippen MR) is 55.0 cm³/mol. The lowest BCUT2D eigenvalue weighted by Gasteiger charge is -2.18. The molecule has 1 heterocycles. The van der Waals surface area contributed by atoms with E-state index in [0.717, 1.165) is 0 Å². The van der Waals surface area contributed by atoms with Crippen LogP contribution in [0, 0.1) is 0 Å². The third-order valence-electron chi connectivity index (χ3n) is 2.20. The van der Waals surface area contributed by atoms with Crippen LogP contribution < -0.4 is 5.32 Å². The molecule has 1 aromatic rings. The summed E-state index contributed by atoms with van der Waals surface area (Å²) in [4.78, 5) is 0. The lowest BCUT2D eigenvalue weighted by molar-refractivity contribution is -0.139. The summed E-state index contributed by atoms with van der Waals surface area (Å²) in [6.07, 6.45) is -2.93. The number of alkyl halides is 3. The quantitative estimate of drug-likeness (QED) is 0.844. The molecule has 92 valence electrons. The summed E-state index contributed by atoms with van der Waals surface area (Å²) in [7, 11) is 1.75. The van der Waals surface area contributed by atoms with Crippen LogP contribution in [-0.4, -0.2) is 28.5 Å². The van der Waals surface area contributed by atoms with Crippen LogP contribution >= 0.6 is 0 Å². The number of halogens is 3. The fourth-order valence-electron chi connectivity index (χ4n) is 1.61. The highest BCUT2D eigenvalue weighted by Crippen LogP contribution is 2.22. The van der Waals surface area contributed by atoms with Gasteiger partial charge in [0.05, 0.1) is 12.1 Å². The van der Waals surface area contributed by atoms with Crippen molar-refractivity contribution < 1.29 is 13.2 Å². The van der Waals surface area contributed by atoms with Crippen molar-refractivity contribution in [2.45, 2.75) is 32.0 Å². The van der Waals surface area contributed by atoms with Gasteiger partial charge in [0, 0.05) is 25.7 Å². The van der Waals surface area contributed by atoms with Crippen LogP contribution in [0.3, 0.4) is 0 Å². The van der Waals surface area contributed by atoms with Gasteiger partial charge in [0.2, 0.25) is 0 Å². The summed E-state index contributed by atoms with van der Waals surface area (Å²) in [5.41, 5.74) is 0.678. The Balaban J connectivity index is 2.57. The minimum Gasteiger partial charge on any atom is -0.314 e. The van der Waals surface area contributed by atoms with Gasteiger partial charge in [-0.2, -0.15) is 18.3 Å². The molecule has 0 aliphatic carbocycles. The van der Waals surface area contributed by atoms with Crippen LogP contribution in [0.5, 0.6) is 0 Å². The SMILES string of the molecule is CCNC(Cc1ccn(C)n1)CC(F)(F)F. The molecule has 1 rings (SSSR count). The van der Waals surface area contributed by atoms with Gasteiger partial charge in [-0.1, -0.05) is 6.92 Å². The average molecular weight is 235 g/mol. The normalized spacial score (nSPS) is 14.1. The van der Waals surface area contributed by atoms with Gasteiger partial charge >= 0.3 is 6.18 Å². The van der Waals surface area contributed by atoms with E-state index in [9.17, 15) is 13.2 Å². The molecule has 1 atom stereocenters. The van der Waals surface area contributed by atoms with Crippen molar-refractivity contribution in [3.63, 3.8) is 0 Å². The number of nitrogens with zero attached hydrogens (tertiary/aromatic N) is 2. The lowest BCUT2D eigenvalue weighted by Crippen LogP contribution is -2.35. The van der Waals surface area contributed by atoms with E-state index in [4.69, 9.17) is 0 Å². The summed E-state index contributed by atoms with van der Waals surface area (Å²) in [6, 6.07) is 1.14. The number of aryl methyl sites for hydroxylation is 1. The summed E-state index contributed by atoms with van der Waals surface area (Å²) in [5.74, 6) is 0. The van der Waals surface area contributed by atoms with Gasteiger partial charge in [-0.3, -0.25) is 4.68 Å². The van der Waals surface area contributed by atoms with E-state index in [1.165, 1.54) is 0 Å². The van der Waals surface area contributed by atoms with Crippen molar-refractivity contribution >= 4 is 0 Å². The summed E-state index contributed by atoms with van der Waals surface area (Å²) in [5, 5.41) is 6.90. The highest BCUT2D eigenvalue weighted by atomic mass is 19.4. The lowest BCUT2D eigenvalue weighted by atomic mass is 10.1. The van der Waals surface area contributed by atoms with Gasteiger partial charge < -0.3 is 5.32 Å². The summed E-state index contributed by atoms with van der Waals surface area (Å²) < 4.78 is 38.4. The van der Waals surface area contributed by atoms with Gasteiger partial charge in [0.15, 0.2) is 0 Å². The largest absolute Gasteiger partial charge is 0.390 e. The summed E-state index contributed by atoms with van der Waals surface area (Å²) in [6.45, 7) is 2.31. The molecule has 1 unspecified atom stereocenters. The Bertz CT molecular complexity index is 319. The third kappa shape index (κ3) is 4.65. The second-order valence-corrected chi connectivity index (χ2v) is 3.76. The molecule has 0 fully saturated rings. The van der Waals surface area contributed by atoms with E-state index in [-0.39, 0.29) is 0 Å². The Morgan fingerprint density at radius 3 is 2.62 bits per heavy atom. The van der Waals surface area contributed by atoms with E-state index in [0.29, 0.717) is 18.7 Å². The van der Waals surface area contributed by atoms with Crippen LogP contribution in [0.4, 0.5) is 13.2 Å². The molecule has 1 aromatic heterocycles. The van der Waals surface area contributed by atoms with Crippen molar-refractivity contribution in [3.05, 3.63) is 18.0 Å². The van der Waals surface area contributed by atoms with Gasteiger partial charge in [-0.25, -0.2) is 0 Å². The third-order valence-corrected chi connectivity index (χ3v) is 2.20. The first-order valence-electron chi connectivity index (χ1n) is 5.19. The molecule has 0 bridgehead atoms. The monoisotopic (exact) mass is 235 g/mol. The maximum atomic E-state index is 12.3. The first-order valence-corrected chi connectivity index (χ1v) is 5.19. The highest BCUT2D eigenvalue weighted by molar-refractivity contribution is 5.01. The van der Waals surface area contributed by atoms with E-state index in [1.807, 2.05) is 0 Å². The zero-order valence-electron chi connectivity index (χ0n) is 9.38. The fourth-order valence-corrected chi connectivity index (χ4v) is 1.61. The Hall–Kier alpha value is -1.04. The summed E-state index contributed by atoms with van der Waals surface area (Å²) >= 11 is 0. The smallest absolute Gasteiger partial charge is 0.314 e. The molecule has 3 nitrogen and oxygen atoms in total. The highest BCUT2D eigenvalue weighted by Gasteiger charge is 2.31. The zero-order chi connectivity index (χ0) is 12.2. The van der Waals surface area contributed by atoms with Crippen LogP contribution in [0.25, 0.3) is 0 Å². The van der Waals surface area contributed by atoms with Crippen LogP contribution in [0.1, 0.15) is 19.0 Å². The van der Waals surface area contributed by atoms with Gasteiger partial charge in [-0.05, 0) is 12.6 Å². The standard InChI is InChI=1S/C10H16F3N3/c1-3-14-9(7-10(11,12)13)6-8-4-5-16(2)15-8/h4-5,9,14H,3,6-7H2,1-2H3. The molecule has 0 aliphatic rings. The molecule has 0 amide bonds. The Labute approximate surface area is 92.6 Å². The Morgan fingerprint density at radius 1 is 1.50 bits per heavy atom. The maximum Gasteiger partial charge on any atom is 0.390 e. The van der Waals surface area contributed by atoms with Crippen molar-refractivity contribution in [1.29, 1.82) is 0 Å². The van der Waals surface area contributed by atoms with Gasteiger partial charge in [0.25, 0.3) is 0 Å². The van der Waals surface area contributed by atoms with Crippen LogP contribution in [-0.2, 0) is 13.5 Å². The number of likely N-dealkylation sites (N-methyl/N-ethyl adjacent to an activating group) is 1. The molecular weight excluding hydrogens is 219 g/mol. The molecule has 6 heteroatoms. The number of hydrogen-bond acceptors (Lipinski definition) is 2. The molecule has 0 saturated carbocycles. The van der Waals surface area contributed by atoms with E-state index in [1.54, 1.807) is 30.9 Å². The van der Waals surface area contributed by atoms with E-state index in [2.05, 4.69) is 10.4 Å². The first kappa shape index (κ1) is 13.0. The van der Waals surface area contributed by atoms with Crippen LogP contribution in [0.2, 0.25) is 0 Å². The first-order chi connectivity index (χ1) is 7.40. The molecule has 0 aliphatic heterocycles. The molecule has 16 heavy (non-hydrogen) atoms. The van der Waals surface area contributed by atoms with E-state index < -0.39 is 18.6 Å². The molecule has 0 aromatic carbocycles. The van der Waals surface area contributed by atoms with Crippen molar-refractivity contribution in [2.75, 3.05) is 6.54 Å². The predicted octanol–water partition coefficient (Wildman–Crippen LogP) is 1.89. The number of aromatic nitrogens is 2. The second kappa shape index (κ2) is 5.34. The van der Waals surface area contributed by atoms with Crippen molar-refractivity contribution in [3.8, 4) is 0 Å². The van der Waals surface area contributed by atoms with Crippen molar-refractivity contribution in [2.24, 2.45) is 7.05 Å². The van der Waals surface area contributed by atoms with Crippen LogP contribution in [0.15, 0.2) is 12.3 Å². The minimum absolute atomic E-state index is 0.300. The number of rotatable bonds is 5. The topological polar surface area (TPSA) is 29.9 Å². The fraction of sp³-hybridized carbons (Fsp3) is 0.700. The zero-order valence-corrected chi connectivity index (χ0v) is 9.38. The minimum atomic E-state index is -4.14. The average Bonchev–Trinajstić information content (AvgIpc) is 2.48. The van der Waals surface area contributed by atoms with E-state index >= 15 is 0 Å². The Morgan fingerprint density at radius 2 is 2.19 bits per heavy atom. The molecule has 1 N–H and O–H groups in total. The number of hydrogen-bond donors (Lipinski definition) is 1. The van der Waals surface area contributed by atoms with Crippen molar-refractivity contribution in [1.82, 2.24) is 15.1 Å². The molecule has 0 saturated heterocycles. The molecule has 0 spiro atoms. The second-order valence-electron chi connectivity index (χ2n) is 3.76. The Kier molecular flexibility index (Phi) is 4.35. The van der Waals surface area contributed by atoms with Gasteiger partial charge in [-0.15, -0.1) is 0 Å².